The lowest BCUT2D eigenvalue weighted by Crippen LogP contribution is -2.42. The second-order valence-electron chi connectivity index (χ2n) is 11.8. The number of alkyl halides is 3. The Balaban J connectivity index is 1.18. The molecule has 2 aromatic heterocycles. The van der Waals surface area contributed by atoms with E-state index in [2.05, 4.69) is 4.90 Å². The maximum absolute atomic E-state index is 13.2. The van der Waals surface area contributed by atoms with E-state index in [0.29, 0.717) is 42.9 Å². The van der Waals surface area contributed by atoms with Crippen molar-refractivity contribution in [3.8, 4) is 11.3 Å². The monoisotopic (exact) mass is 632 g/mol. The molecule has 14 heteroatoms. The third-order valence-electron chi connectivity index (χ3n) is 8.82. The summed E-state index contributed by atoms with van der Waals surface area (Å²) in [5.74, 6) is 0. The highest BCUT2D eigenvalue weighted by Crippen LogP contribution is 2.34. The maximum Gasteiger partial charge on any atom is 0.416 e. The first-order chi connectivity index (χ1) is 20.8. The number of rotatable bonds is 7. The van der Waals surface area contributed by atoms with E-state index in [9.17, 15) is 31.5 Å². The molecule has 10 nitrogen and oxygen atoms in total. The molecule has 1 fully saturated rings. The van der Waals surface area contributed by atoms with E-state index in [-0.39, 0.29) is 31.4 Å². The number of piperidine rings is 1. The number of hydrogen-bond donors (Lipinski definition) is 1. The first kappa shape index (κ1) is 30.6. The summed E-state index contributed by atoms with van der Waals surface area (Å²) in [4.78, 5) is 15.1. The summed E-state index contributed by atoms with van der Waals surface area (Å²) in [5.41, 5.74) is 3.26. The summed E-state index contributed by atoms with van der Waals surface area (Å²) in [7, 11) is -1.72. The van der Waals surface area contributed by atoms with Gasteiger partial charge >= 0.3 is 11.9 Å². The number of aromatic nitrogens is 4. The molecule has 1 N–H and O–H groups in total. The molecule has 1 atom stereocenters. The standard InChI is InChI=1S/C30H35F3N6O4S/c1-35-26-5-3-4-6-27(26)39(29(35)41)22-11-14-36(15-12-22)17-23(40)18-38-25-13-16-37(44(2,42)43)19-24(25)28(34-38)20-7-9-21(10-8-20)30(31,32)33/h3-10,22-23,40H,11-19H2,1-2H3/t23-/m0/s1. The van der Waals surface area contributed by atoms with Crippen molar-refractivity contribution in [1.29, 1.82) is 0 Å². The highest BCUT2D eigenvalue weighted by Gasteiger charge is 2.33. The number of β-amino-alcohol motifs (C(OH)–C–C–N with tert-alkyl or cyclic N) is 1. The fourth-order valence-corrected chi connectivity index (χ4v) is 7.32. The second-order valence-corrected chi connectivity index (χ2v) is 13.7. The maximum atomic E-state index is 13.2. The van der Waals surface area contributed by atoms with E-state index in [4.69, 9.17) is 5.10 Å². The van der Waals surface area contributed by atoms with Crippen LogP contribution in [0.5, 0.6) is 0 Å². The van der Waals surface area contributed by atoms with E-state index < -0.39 is 27.9 Å². The average molecular weight is 633 g/mol. The predicted octanol–water partition coefficient (Wildman–Crippen LogP) is 3.24. The van der Waals surface area contributed by atoms with Crippen LogP contribution >= 0.6 is 0 Å². The molecule has 1 saturated heterocycles. The Bertz CT molecular complexity index is 1840. The minimum atomic E-state index is -4.48. The van der Waals surface area contributed by atoms with E-state index in [1.807, 2.05) is 28.8 Å². The fourth-order valence-electron chi connectivity index (χ4n) is 6.54. The van der Waals surface area contributed by atoms with Gasteiger partial charge in [-0.1, -0.05) is 24.3 Å². The largest absolute Gasteiger partial charge is 0.416 e. The second kappa shape index (κ2) is 11.5. The highest BCUT2D eigenvalue weighted by atomic mass is 32.2. The summed E-state index contributed by atoms with van der Waals surface area (Å²) in [6.45, 7) is 2.26. The molecule has 4 aromatic rings. The number of nitrogens with zero attached hydrogens (tertiary/aromatic N) is 6. The van der Waals surface area contributed by atoms with Gasteiger partial charge in [0, 0.05) is 69.1 Å². The van der Waals surface area contributed by atoms with Gasteiger partial charge in [0.2, 0.25) is 10.0 Å². The predicted molar refractivity (Wildman–Crippen MR) is 160 cm³/mol. The average Bonchev–Trinajstić information content (AvgIpc) is 3.46. The lowest BCUT2D eigenvalue weighted by molar-refractivity contribution is -0.137. The Hall–Kier alpha value is -3.46. The van der Waals surface area contributed by atoms with Crippen LogP contribution in [-0.4, -0.2) is 80.2 Å². The number of fused-ring (bicyclic) bond motifs is 2. The minimum Gasteiger partial charge on any atom is -0.390 e. The molecule has 0 bridgehead atoms. The number of imidazole rings is 1. The Morgan fingerprint density at radius 1 is 1.00 bits per heavy atom. The number of aliphatic hydroxyl groups excluding tert-OH is 1. The number of benzene rings is 2. The summed E-state index contributed by atoms with van der Waals surface area (Å²) in [6, 6.07) is 12.5. The van der Waals surface area contributed by atoms with Crippen LogP contribution in [-0.2, 0) is 42.8 Å². The molecule has 0 saturated carbocycles. The van der Waals surface area contributed by atoms with Crippen LogP contribution in [0.2, 0.25) is 0 Å². The first-order valence-corrected chi connectivity index (χ1v) is 16.4. The normalized spacial score (nSPS) is 18.1. The van der Waals surface area contributed by atoms with Crippen LogP contribution < -0.4 is 5.69 Å². The van der Waals surface area contributed by atoms with Crippen molar-refractivity contribution in [3.05, 3.63) is 75.8 Å². The van der Waals surface area contributed by atoms with E-state index in [0.717, 1.165) is 48.0 Å². The lowest BCUT2D eigenvalue weighted by atomic mass is 10.0. The van der Waals surface area contributed by atoms with Crippen molar-refractivity contribution in [1.82, 2.24) is 28.1 Å². The summed E-state index contributed by atoms with van der Waals surface area (Å²) in [5, 5.41) is 15.8. The topological polar surface area (TPSA) is 106 Å². The molecular weight excluding hydrogens is 597 g/mol. The van der Waals surface area contributed by atoms with Gasteiger partial charge in [0.25, 0.3) is 0 Å². The number of aliphatic hydroxyl groups is 1. The Morgan fingerprint density at radius 2 is 1.66 bits per heavy atom. The first-order valence-electron chi connectivity index (χ1n) is 14.6. The van der Waals surface area contributed by atoms with Crippen molar-refractivity contribution in [3.63, 3.8) is 0 Å². The van der Waals surface area contributed by atoms with Crippen molar-refractivity contribution < 1.29 is 26.7 Å². The molecule has 2 aliphatic heterocycles. The van der Waals surface area contributed by atoms with Gasteiger partial charge in [-0.05, 0) is 37.1 Å². The van der Waals surface area contributed by atoms with Crippen LogP contribution in [0.3, 0.4) is 0 Å². The molecule has 0 spiro atoms. The van der Waals surface area contributed by atoms with Gasteiger partial charge in [0.05, 0.1) is 41.2 Å². The van der Waals surface area contributed by atoms with Gasteiger partial charge < -0.3 is 10.0 Å². The molecule has 2 aliphatic rings. The SMILES string of the molecule is Cn1c(=O)n(C2CCN(C[C@H](O)Cn3nc(-c4ccc(C(F)(F)F)cc4)c4c3CCN(S(C)(=O)=O)C4)CC2)c2ccccc21. The van der Waals surface area contributed by atoms with Gasteiger partial charge in [0.15, 0.2) is 0 Å². The number of sulfonamides is 1. The zero-order valence-electron chi connectivity index (χ0n) is 24.5. The molecule has 2 aromatic carbocycles. The molecule has 0 aliphatic carbocycles. The van der Waals surface area contributed by atoms with Crippen LogP contribution in [0.15, 0.2) is 53.3 Å². The Kier molecular flexibility index (Phi) is 7.97. The third-order valence-corrected chi connectivity index (χ3v) is 10.1. The van der Waals surface area contributed by atoms with Crippen LogP contribution in [0.4, 0.5) is 13.2 Å². The number of halogens is 3. The Labute approximate surface area is 253 Å². The number of aryl methyl sites for hydroxylation is 1. The van der Waals surface area contributed by atoms with Gasteiger partial charge in [-0.2, -0.15) is 22.6 Å². The van der Waals surface area contributed by atoms with Gasteiger partial charge in [-0.15, -0.1) is 0 Å². The fraction of sp³-hybridized carbons (Fsp3) is 0.467. The molecule has 44 heavy (non-hydrogen) atoms. The summed E-state index contributed by atoms with van der Waals surface area (Å²) in [6.07, 6.45) is -2.25. The van der Waals surface area contributed by atoms with Crippen molar-refractivity contribution >= 4 is 21.1 Å². The smallest absolute Gasteiger partial charge is 0.390 e. The number of para-hydroxylation sites is 2. The molecule has 0 radical (unpaired) electrons. The summed E-state index contributed by atoms with van der Waals surface area (Å²) >= 11 is 0. The van der Waals surface area contributed by atoms with Crippen LogP contribution in [0, 0.1) is 0 Å². The third kappa shape index (κ3) is 5.83. The van der Waals surface area contributed by atoms with E-state index >= 15 is 0 Å². The molecule has 6 rings (SSSR count). The van der Waals surface area contributed by atoms with Crippen LogP contribution in [0.1, 0.15) is 35.7 Å². The molecule has 0 unspecified atom stereocenters. The van der Waals surface area contributed by atoms with Crippen molar-refractivity contribution in [2.45, 2.75) is 50.7 Å². The van der Waals surface area contributed by atoms with E-state index in [1.165, 1.54) is 16.4 Å². The zero-order chi connectivity index (χ0) is 31.4. The number of likely N-dealkylation sites (tertiary alicyclic amines) is 1. The lowest BCUT2D eigenvalue weighted by Gasteiger charge is -2.33. The molecule has 236 valence electrons. The van der Waals surface area contributed by atoms with Gasteiger partial charge in [0.1, 0.15) is 0 Å². The van der Waals surface area contributed by atoms with Crippen molar-refractivity contribution in [2.75, 3.05) is 32.4 Å². The molecule has 0 amide bonds. The van der Waals surface area contributed by atoms with Crippen LogP contribution in [0.25, 0.3) is 22.3 Å². The molecular formula is C30H35F3N6O4S. The Morgan fingerprint density at radius 3 is 2.30 bits per heavy atom. The summed E-state index contributed by atoms with van der Waals surface area (Å²) < 4.78 is 70.7. The van der Waals surface area contributed by atoms with Crippen molar-refractivity contribution in [2.24, 2.45) is 7.05 Å². The number of hydrogen-bond acceptors (Lipinski definition) is 6. The molecule has 4 heterocycles. The highest BCUT2D eigenvalue weighted by molar-refractivity contribution is 7.88. The van der Waals surface area contributed by atoms with E-state index in [1.54, 1.807) is 16.3 Å². The van der Waals surface area contributed by atoms with Gasteiger partial charge in [-0.25, -0.2) is 13.2 Å². The van der Waals surface area contributed by atoms with Gasteiger partial charge in [-0.3, -0.25) is 13.8 Å². The minimum absolute atomic E-state index is 0.0357. The zero-order valence-corrected chi connectivity index (χ0v) is 25.4. The quantitative estimate of drug-likeness (QED) is 0.336.